The Morgan fingerprint density at radius 2 is 2.20 bits per heavy atom. The van der Waals surface area contributed by atoms with Gasteiger partial charge in [-0.25, -0.2) is 4.98 Å². The first-order chi connectivity index (χ1) is 14.5. The van der Waals surface area contributed by atoms with E-state index >= 15 is 0 Å². The van der Waals surface area contributed by atoms with E-state index in [0.29, 0.717) is 40.5 Å². The minimum atomic E-state index is -0.0398. The molecule has 8 heteroatoms. The van der Waals surface area contributed by atoms with Crippen LogP contribution in [-0.2, 0) is 11.3 Å². The third kappa shape index (κ3) is 5.93. The SMILES string of the molecule is C=C/C(=N\Nc1ccc(=O)n(CC(C)C)c1)c1cnc(NC2CCOCC2)cc1Cl. The van der Waals surface area contributed by atoms with Gasteiger partial charge in [0.2, 0.25) is 0 Å². The Hall–Kier alpha value is -2.64. The highest BCUT2D eigenvalue weighted by molar-refractivity contribution is 6.35. The minimum Gasteiger partial charge on any atom is -0.381 e. The van der Waals surface area contributed by atoms with Crippen molar-refractivity contribution in [2.45, 2.75) is 39.3 Å². The van der Waals surface area contributed by atoms with Gasteiger partial charge in [-0.1, -0.05) is 32.0 Å². The second-order valence-electron chi connectivity index (χ2n) is 7.70. The average molecular weight is 430 g/mol. The minimum absolute atomic E-state index is 0.0398. The maximum absolute atomic E-state index is 12.0. The van der Waals surface area contributed by atoms with Crippen molar-refractivity contribution in [1.29, 1.82) is 0 Å². The molecule has 2 aromatic heterocycles. The highest BCUT2D eigenvalue weighted by atomic mass is 35.5. The lowest BCUT2D eigenvalue weighted by atomic mass is 10.1. The predicted molar refractivity (Wildman–Crippen MR) is 123 cm³/mol. The van der Waals surface area contributed by atoms with Crippen LogP contribution in [0.1, 0.15) is 32.3 Å². The van der Waals surface area contributed by atoms with Gasteiger partial charge in [0.25, 0.3) is 5.56 Å². The van der Waals surface area contributed by atoms with Gasteiger partial charge >= 0.3 is 0 Å². The molecule has 3 heterocycles. The molecule has 2 N–H and O–H groups in total. The van der Waals surface area contributed by atoms with E-state index < -0.39 is 0 Å². The first-order valence-corrected chi connectivity index (χ1v) is 10.5. The summed E-state index contributed by atoms with van der Waals surface area (Å²) in [4.78, 5) is 16.5. The highest BCUT2D eigenvalue weighted by Crippen LogP contribution is 2.22. The fourth-order valence-electron chi connectivity index (χ4n) is 3.22. The highest BCUT2D eigenvalue weighted by Gasteiger charge is 2.15. The Bertz CT molecular complexity index is 964. The molecule has 1 aliphatic heterocycles. The van der Waals surface area contributed by atoms with Gasteiger partial charge in [0, 0.05) is 49.8 Å². The van der Waals surface area contributed by atoms with E-state index in [9.17, 15) is 4.79 Å². The predicted octanol–water partition coefficient (Wildman–Crippen LogP) is 4.15. The smallest absolute Gasteiger partial charge is 0.250 e. The number of rotatable bonds is 8. The van der Waals surface area contributed by atoms with Crippen molar-refractivity contribution in [1.82, 2.24) is 9.55 Å². The largest absolute Gasteiger partial charge is 0.381 e. The molecule has 1 fully saturated rings. The molecular formula is C22H28ClN5O2. The van der Waals surface area contributed by atoms with E-state index in [0.717, 1.165) is 31.9 Å². The van der Waals surface area contributed by atoms with E-state index in [4.69, 9.17) is 16.3 Å². The summed E-state index contributed by atoms with van der Waals surface area (Å²) < 4.78 is 7.05. The number of hydrazone groups is 1. The van der Waals surface area contributed by atoms with E-state index in [1.54, 1.807) is 35.2 Å². The van der Waals surface area contributed by atoms with Crippen LogP contribution in [-0.4, -0.2) is 34.5 Å². The van der Waals surface area contributed by atoms with E-state index in [-0.39, 0.29) is 5.56 Å². The molecule has 1 saturated heterocycles. The monoisotopic (exact) mass is 429 g/mol. The molecule has 0 bridgehead atoms. The Morgan fingerprint density at radius 1 is 1.43 bits per heavy atom. The summed E-state index contributed by atoms with van der Waals surface area (Å²) in [6.45, 7) is 10.1. The van der Waals surface area contributed by atoms with Crippen LogP contribution >= 0.6 is 11.6 Å². The second kappa shape index (κ2) is 10.4. The van der Waals surface area contributed by atoms with Crippen LogP contribution in [0.4, 0.5) is 11.5 Å². The van der Waals surface area contributed by atoms with Crippen LogP contribution in [0.25, 0.3) is 0 Å². The molecular weight excluding hydrogens is 402 g/mol. The summed E-state index contributed by atoms with van der Waals surface area (Å²) in [6, 6.07) is 5.36. The lowest BCUT2D eigenvalue weighted by Crippen LogP contribution is -2.28. The Kier molecular flexibility index (Phi) is 7.65. The quantitative estimate of drug-likeness (QED) is 0.486. The van der Waals surface area contributed by atoms with Crippen LogP contribution < -0.4 is 16.3 Å². The molecule has 3 rings (SSSR count). The van der Waals surface area contributed by atoms with Crippen molar-refractivity contribution in [3.63, 3.8) is 0 Å². The van der Waals surface area contributed by atoms with Gasteiger partial charge < -0.3 is 14.6 Å². The maximum atomic E-state index is 12.0. The van der Waals surface area contributed by atoms with E-state index in [2.05, 4.69) is 41.3 Å². The van der Waals surface area contributed by atoms with Crippen molar-refractivity contribution >= 4 is 28.8 Å². The van der Waals surface area contributed by atoms with Gasteiger partial charge in [-0.05, 0) is 37.0 Å². The van der Waals surface area contributed by atoms with E-state index in [1.165, 1.54) is 6.07 Å². The van der Waals surface area contributed by atoms with Crippen LogP contribution in [0, 0.1) is 5.92 Å². The summed E-state index contributed by atoms with van der Waals surface area (Å²) in [5.74, 6) is 1.09. The average Bonchev–Trinajstić information content (AvgIpc) is 2.72. The Morgan fingerprint density at radius 3 is 2.87 bits per heavy atom. The van der Waals surface area contributed by atoms with Crippen molar-refractivity contribution < 1.29 is 4.74 Å². The molecule has 0 saturated carbocycles. The van der Waals surface area contributed by atoms with Gasteiger partial charge in [0.05, 0.1) is 16.4 Å². The molecule has 0 aliphatic carbocycles. The molecule has 7 nitrogen and oxygen atoms in total. The van der Waals surface area contributed by atoms with Crippen LogP contribution in [0.5, 0.6) is 0 Å². The van der Waals surface area contributed by atoms with Crippen molar-refractivity contribution in [2.75, 3.05) is 24.0 Å². The van der Waals surface area contributed by atoms with Crippen molar-refractivity contribution in [2.24, 2.45) is 11.0 Å². The molecule has 0 radical (unpaired) electrons. The van der Waals surface area contributed by atoms with Crippen LogP contribution in [0.3, 0.4) is 0 Å². The number of aromatic nitrogens is 2. The maximum Gasteiger partial charge on any atom is 0.250 e. The van der Waals surface area contributed by atoms with Gasteiger partial charge in [0.15, 0.2) is 0 Å². The Balaban J connectivity index is 1.74. The molecule has 2 aromatic rings. The molecule has 0 aromatic carbocycles. The lowest BCUT2D eigenvalue weighted by Gasteiger charge is -2.23. The molecule has 0 unspecified atom stereocenters. The number of anilines is 2. The second-order valence-corrected chi connectivity index (χ2v) is 8.10. The molecule has 0 spiro atoms. The lowest BCUT2D eigenvalue weighted by molar-refractivity contribution is 0.0904. The molecule has 0 atom stereocenters. The molecule has 30 heavy (non-hydrogen) atoms. The Labute approximate surface area is 181 Å². The number of allylic oxidation sites excluding steroid dienone is 1. The summed E-state index contributed by atoms with van der Waals surface area (Å²) in [6.07, 6.45) is 6.96. The zero-order valence-electron chi connectivity index (χ0n) is 17.4. The summed E-state index contributed by atoms with van der Waals surface area (Å²) in [5.41, 5.74) is 4.88. The van der Waals surface area contributed by atoms with E-state index in [1.807, 2.05) is 0 Å². The fraction of sp³-hybridized carbons (Fsp3) is 0.409. The van der Waals surface area contributed by atoms with Gasteiger partial charge in [-0.3, -0.25) is 10.2 Å². The van der Waals surface area contributed by atoms with Crippen molar-refractivity contribution in [3.8, 4) is 0 Å². The van der Waals surface area contributed by atoms with Crippen LogP contribution in [0.2, 0.25) is 5.02 Å². The topological polar surface area (TPSA) is 80.5 Å². The molecule has 0 amide bonds. The zero-order chi connectivity index (χ0) is 21.5. The third-order valence-electron chi connectivity index (χ3n) is 4.75. The number of hydrogen-bond donors (Lipinski definition) is 2. The summed E-state index contributed by atoms with van der Waals surface area (Å²) in [7, 11) is 0. The van der Waals surface area contributed by atoms with Gasteiger partial charge in [-0.15, -0.1) is 0 Å². The van der Waals surface area contributed by atoms with Gasteiger partial charge in [-0.2, -0.15) is 5.10 Å². The van der Waals surface area contributed by atoms with Crippen LogP contribution in [0.15, 0.2) is 53.1 Å². The normalized spacial score (nSPS) is 15.3. The number of halogens is 1. The zero-order valence-corrected chi connectivity index (χ0v) is 18.2. The molecule has 1 aliphatic rings. The van der Waals surface area contributed by atoms with Crippen molar-refractivity contribution in [3.05, 3.63) is 64.2 Å². The summed E-state index contributed by atoms with van der Waals surface area (Å²) in [5, 5.41) is 8.34. The first kappa shape index (κ1) is 22.1. The fourth-order valence-corrected chi connectivity index (χ4v) is 3.47. The third-order valence-corrected chi connectivity index (χ3v) is 5.06. The number of pyridine rings is 2. The number of nitrogens with zero attached hydrogens (tertiary/aromatic N) is 3. The summed E-state index contributed by atoms with van der Waals surface area (Å²) >= 11 is 6.50. The number of nitrogens with one attached hydrogen (secondary N) is 2. The number of hydrogen-bond acceptors (Lipinski definition) is 6. The number of ether oxygens (including phenoxy) is 1. The first-order valence-electron chi connectivity index (χ1n) is 10.1. The molecule has 160 valence electrons. The van der Waals surface area contributed by atoms with Gasteiger partial charge in [0.1, 0.15) is 5.82 Å². The standard InChI is InChI=1S/C22H28ClN5O2/c1-4-20(27-26-17-5-6-22(29)28(14-17)13-15(2)3)18-12-24-21(11-19(18)23)25-16-7-9-30-10-8-16/h4-6,11-12,14-16,26H,1,7-10,13H2,2-3H3,(H,24,25)/b27-20+.